The van der Waals surface area contributed by atoms with Gasteiger partial charge in [0.1, 0.15) is 5.52 Å². The standard InChI is InChI=1S/C5H5BN4/c6-5-7-1-3-4(10-5)9-2-8-3/h1-2H,6H2,(H,7,8,9,10). The molecule has 2 aromatic heterocycles. The van der Waals surface area contributed by atoms with Crippen LogP contribution in [0.1, 0.15) is 0 Å². The van der Waals surface area contributed by atoms with Crippen LogP contribution in [0, 0.1) is 0 Å². The second kappa shape index (κ2) is 1.80. The Morgan fingerprint density at radius 1 is 1.40 bits per heavy atom. The molecule has 5 heteroatoms. The van der Waals surface area contributed by atoms with Crippen molar-refractivity contribution < 1.29 is 0 Å². The number of imidazole rings is 1. The van der Waals surface area contributed by atoms with Crippen molar-refractivity contribution in [3.8, 4) is 0 Å². The lowest BCUT2D eigenvalue weighted by Crippen LogP contribution is -2.11. The molecule has 0 saturated heterocycles. The molecule has 0 aliphatic carbocycles. The minimum atomic E-state index is 0.761. The van der Waals surface area contributed by atoms with Gasteiger partial charge in [-0.15, -0.1) is 0 Å². The van der Waals surface area contributed by atoms with E-state index in [4.69, 9.17) is 0 Å². The van der Waals surface area contributed by atoms with E-state index in [-0.39, 0.29) is 0 Å². The number of aromatic amines is 1. The Bertz CT molecular complexity index is 355. The minimum absolute atomic E-state index is 0.761. The van der Waals surface area contributed by atoms with E-state index in [1.165, 1.54) is 0 Å². The molecule has 0 aromatic carbocycles. The van der Waals surface area contributed by atoms with Crippen LogP contribution in [0.15, 0.2) is 12.5 Å². The topological polar surface area (TPSA) is 54.5 Å². The van der Waals surface area contributed by atoms with Crippen LogP contribution in [0.5, 0.6) is 0 Å². The number of hydrogen-bond acceptors (Lipinski definition) is 3. The smallest absolute Gasteiger partial charge is 0.189 e. The Morgan fingerprint density at radius 2 is 2.30 bits per heavy atom. The molecule has 0 aliphatic heterocycles. The highest BCUT2D eigenvalue weighted by Gasteiger charge is 1.95. The van der Waals surface area contributed by atoms with Gasteiger partial charge < -0.3 is 4.98 Å². The summed E-state index contributed by atoms with van der Waals surface area (Å²) >= 11 is 0. The van der Waals surface area contributed by atoms with E-state index >= 15 is 0 Å². The molecule has 10 heavy (non-hydrogen) atoms. The molecule has 2 aromatic rings. The third-order valence-electron chi connectivity index (χ3n) is 1.29. The molecule has 0 amide bonds. The molecule has 2 rings (SSSR count). The zero-order valence-electron chi connectivity index (χ0n) is 5.50. The van der Waals surface area contributed by atoms with Gasteiger partial charge in [0.05, 0.1) is 18.2 Å². The number of nitrogens with zero attached hydrogens (tertiary/aromatic N) is 3. The average molecular weight is 132 g/mol. The summed E-state index contributed by atoms with van der Waals surface area (Å²) in [5.41, 5.74) is 2.37. The van der Waals surface area contributed by atoms with Crippen molar-refractivity contribution in [3.05, 3.63) is 12.5 Å². The van der Waals surface area contributed by atoms with Crippen molar-refractivity contribution in [1.82, 2.24) is 19.9 Å². The van der Waals surface area contributed by atoms with Gasteiger partial charge in [-0.3, -0.25) is 4.98 Å². The van der Waals surface area contributed by atoms with Crippen LogP contribution < -0.4 is 5.72 Å². The molecule has 0 radical (unpaired) electrons. The van der Waals surface area contributed by atoms with Crippen molar-refractivity contribution in [1.29, 1.82) is 0 Å². The van der Waals surface area contributed by atoms with E-state index in [0.717, 1.165) is 16.9 Å². The lowest BCUT2D eigenvalue weighted by atomic mass is 10.1. The molecule has 2 heterocycles. The summed E-state index contributed by atoms with van der Waals surface area (Å²) in [5, 5.41) is 0. The molecule has 1 N–H and O–H groups in total. The minimum Gasteiger partial charge on any atom is -0.329 e. The van der Waals surface area contributed by atoms with Crippen LogP contribution in [0.4, 0.5) is 0 Å². The van der Waals surface area contributed by atoms with Gasteiger partial charge in [0.2, 0.25) is 0 Å². The van der Waals surface area contributed by atoms with E-state index < -0.39 is 0 Å². The van der Waals surface area contributed by atoms with Gasteiger partial charge in [-0.2, -0.15) is 0 Å². The maximum absolute atomic E-state index is 4.11. The first kappa shape index (κ1) is 5.40. The van der Waals surface area contributed by atoms with Gasteiger partial charge >= 0.3 is 0 Å². The molecule has 0 spiro atoms. The summed E-state index contributed by atoms with van der Waals surface area (Å²) in [6.45, 7) is 0. The Labute approximate surface area is 58.1 Å². The Morgan fingerprint density at radius 3 is 3.20 bits per heavy atom. The van der Waals surface area contributed by atoms with Crippen LogP contribution in [-0.4, -0.2) is 27.8 Å². The Hall–Kier alpha value is -1.39. The number of H-pyrrole nitrogens is 1. The van der Waals surface area contributed by atoms with E-state index in [2.05, 4.69) is 19.9 Å². The van der Waals surface area contributed by atoms with Crippen molar-refractivity contribution in [2.75, 3.05) is 0 Å². The number of rotatable bonds is 0. The lowest BCUT2D eigenvalue weighted by molar-refractivity contribution is 1.27. The molecule has 4 nitrogen and oxygen atoms in total. The van der Waals surface area contributed by atoms with Crippen LogP contribution >= 0.6 is 0 Å². The fraction of sp³-hybridized carbons (Fsp3) is 0. The van der Waals surface area contributed by atoms with Crippen molar-refractivity contribution >= 4 is 24.7 Å². The average Bonchev–Trinajstić information content (AvgIpc) is 2.33. The van der Waals surface area contributed by atoms with Crippen LogP contribution in [0.3, 0.4) is 0 Å². The summed E-state index contributed by atoms with van der Waals surface area (Å²) in [5.74, 6) is 0. The quantitative estimate of drug-likeness (QED) is 0.449. The lowest BCUT2D eigenvalue weighted by Gasteiger charge is -1.87. The fourth-order valence-corrected chi connectivity index (χ4v) is 0.827. The van der Waals surface area contributed by atoms with Gasteiger partial charge in [0, 0.05) is 0 Å². The van der Waals surface area contributed by atoms with Crippen LogP contribution in [0.25, 0.3) is 11.2 Å². The third kappa shape index (κ3) is 0.672. The summed E-state index contributed by atoms with van der Waals surface area (Å²) in [6.07, 6.45) is 3.31. The maximum Gasteiger partial charge on any atom is 0.189 e. The molecular formula is C5H5BN4. The maximum atomic E-state index is 4.11. The SMILES string of the molecule is Bc1ncc2nc[nH]c2n1. The van der Waals surface area contributed by atoms with E-state index in [1.54, 1.807) is 12.5 Å². The number of aromatic nitrogens is 4. The highest BCUT2D eigenvalue weighted by Crippen LogP contribution is 1.98. The van der Waals surface area contributed by atoms with Gasteiger partial charge in [-0.05, 0) is 0 Å². The Kier molecular flexibility index (Phi) is 0.971. The summed E-state index contributed by atoms with van der Waals surface area (Å²) in [4.78, 5) is 15.0. The first-order valence-electron chi connectivity index (χ1n) is 2.99. The summed E-state index contributed by atoms with van der Waals surface area (Å²) < 4.78 is 0. The zero-order valence-corrected chi connectivity index (χ0v) is 5.50. The van der Waals surface area contributed by atoms with Crippen molar-refractivity contribution in [2.45, 2.75) is 0 Å². The molecule has 0 bridgehead atoms. The predicted octanol–water partition coefficient (Wildman–Crippen LogP) is -1.39. The number of hydrogen-bond donors (Lipinski definition) is 1. The molecular weight excluding hydrogens is 127 g/mol. The zero-order chi connectivity index (χ0) is 6.97. The summed E-state index contributed by atoms with van der Waals surface area (Å²) in [6, 6.07) is 0. The van der Waals surface area contributed by atoms with Crippen molar-refractivity contribution in [2.24, 2.45) is 0 Å². The van der Waals surface area contributed by atoms with Crippen LogP contribution in [-0.2, 0) is 0 Å². The van der Waals surface area contributed by atoms with Crippen LogP contribution in [0.2, 0.25) is 0 Å². The first-order chi connectivity index (χ1) is 4.86. The highest BCUT2D eigenvalue weighted by molar-refractivity contribution is 6.29. The Balaban J connectivity index is 2.86. The normalized spacial score (nSPS) is 10.4. The van der Waals surface area contributed by atoms with Gasteiger partial charge in [0.15, 0.2) is 13.5 Å². The highest BCUT2D eigenvalue weighted by atomic mass is 15.0. The molecule has 0 unspecified atom stereocenters. The van der Waals surface area contributed by atoms with E-state index in [9.17, 15) is 0 Å². The second-order valence-corrected chi connectivity index (χ2v) is 2.05. The largest absolute Gasteiger partial charge is 0.329 e. The van der Waals surface area contributed by atoms with E-state index in [1.807, 2.05) is 7.85 Å². The third-order valence-corrected chi connectivity index (χ3v) is 1.29. The van der Waals surface area contributed by atoms with Gasteiger partial charge in [-0.25, -0.2) is 9.97 Å². The number of nitrogens with one attached hydrogen (secondary N) is 1. The molecule has 0 aliphatic rings. The summed E-state index contributed by atoms with van der Waals surface area (Å²) in [7, 11) is 1.85. The monoisotopic (exact) mass is 132 g/mol. The van der Waals surface area contributed by atoms with Gasteiger partial charge in [-0.1, -0.05) is 0 Å². The predicted molar refractivity (Wildman–Crippen MR) is 39.9 cm³/mol. The first-order valence-corrected chi connectivity index (χ1v) is 2.99. The number of fused-ring (bicyclic) bond motifs is 1. The molecule has 0 saturated carbocycles. The van der Waals surface area contributed by atoms with E-state index in [0.29, 0.717) is 0 Å². The molecule has 48 valence electrons. The molecule has 0 atom stereocenters. The fourth-order valence-electron chi connectivity index (χ4n) is 0.827. The second-order valence-electron chi connectivity index (χ2n) is 2.05. The molecule has 0 fully saturated rings. The van der Waals surface area contributed by atoms with Gasteiger partial charge in [0.25, 0.3) is 0 Å². The van der Waals surface area contributed by atoms with Crippen molar-refractivity contribution in [3.63, 3.8) is 0 Å².